The van der Waals surface area contributed by atoms with E-state index in [1.807, 2.05) is 6.92 Å². The van der Waals surface area contributed by atoms with Gasteiger partial charge < -0.3 is 14.2 Å². The van der Waals surface area contributed by atoms with Crippen LogP contribution in [0, 0.1) is 5.92 Å². The summed E-state index contributed by atoms with van der Waals surface area (Å²) in [6.45, 7) is 2.95. The van der Waals surface area contributed by atoms with E-state index in [2.05, 4.69) is 20.1 Å². The zero-order chi connectivity index (χ0) is 18.0. The Hall–Kier alpha value is -2.10. The molecule has 1 aliphatic heterocycles. The summed E-state index contributed by atoms with van der Waals surface area (Å²) in [4.78, 5) is 12.8. The van der Waals surface area contributed by atoms with E-state index in [9.17, 15) is 13.2 Å². The molecule has 0 aromatic carbocycles. The summed E-state index contributed by atoms with van der Waals surface area (Å²) < 4.78 is 48.1. The first-order valence-electron chi connectivity index (χ1n) is 7.63. The fourth-order valence-electron chi connectivity index (χ4n) is 2.69. The van der Waals surface area contributed by atoms with Gasteiger partial charge in [-0.2, -0.15) is 18.2 Å². The minimum absolute atomic E-state index is 0.0969. The van der Waals surface area contributed by atoms with Crippen molar-refractivity contribution >= 4 is 17.6 Å². The molecule has 2 aromatic heterocycles. The predicted molar refractivity (Wildman–Crippen MR) is 81.4 cm³/mol. The van der Waals surface area contributed by atoms with E-state index in [-0.39, 0.29) is 23.3 Å². The molecule has 2 aromatic rings. The van der Waals surface area contributed by atoms with Gasteiger partial charge in [-0.05, 0) is 42.4 Å². The molecule has 0 saturated carbocycles. The second kappa shape index (κ2) is 7.03. The highest BCUT2D eigenvalue weighted by atomic mass is 35.5. The lowest BCUT2D eigenvalue weighted by Crippen LogP contribution is -2.38. The summed E-state index contributed by atoms with van der Waals surface area (Å²) in [6, 6.07) is -0.106. The van der Waals surface area contributed by atoms with E-state index in [1.54, 1.807) is 4.90 Å². The molecule has 0 bridgehead atoms. The molecule has 25 heavy (non-hydrogen) atoms. The maximum Gasteiger partial charge on any atom is 0.455 e. The number of piperidine rings is 1. The van der Waals surface area contributed by atoms with Gasteiger partial charge in [-0.3, -0.25) is 0 Å². The van der Waals surface area contributed by atoms with Crippen molar-refractivity contribution in [1.82, 2.24) is 20.1 Å². The Kier molecular flexibility index (Phi) is 4.98. The fraction of sp³-hybridized carbons (Fsp3) is 0.571. The van der Waals surface area contributed by atoms with Crippen LogP contribution in [-0.2, 0) is 6.18 Å². The molecule has 1 atom stereocenters. The number of ether oxygens (including phenoxy) is 1. The normalized spacial score (nSPS) is 17.6. The quantitative estimate of drug-likeness (QED) is 0.757. The number of aromatic nitrogens is 4. The molecule has 0 radical (unpaired) electrons. The van der Waals surface area contributed by atoms with E-state index in [0.29, 0.717) is 18.8 Å². The first-order chi connectivity index (χ1) is 11.8. The summed E-state index contributed by atoms with van der Waals surface area (Å²) in [5, 5.41) is 3.12. The molecule has 3 heterocycles. The van der Waals surface area contributed by atoms with Crippen molar-refractivity contribution in [3.63, 3.8) is 0 Å². The Morgan fingerprint density at radius 3 is 2.48 bits per heavy atom. The SMILES string of the molecule is C[C@H](Oc1cnc(Cl)nc1)C1CCN(c2nc(C(F)(F)F)no2)CC1. The Bertz CT molecular complexity index is 701. The molecule has 11 heteroatoms. The smallest absolute Gasteiger partial charge is 0.455 e. The van der Waals surface area contributed by atoms with Crippen molar-refractivity contribution in [2.75, 3.05) is 18.0 Å². The van der Waals surface area contributed by atoms with Gasteiger partial charge in [0.15, 0.2) is 5.75 Å². The third-order valence-corrected chi connectivity index (χ3v) is 4.26. The second-order valence-corrected chi connectivity index (χ2v) is 6.07. The minimum atomic E-state index is -4.61. The van der Waals surface area contributed by atoms with E-state index in [1.165, 1.54) is 12.4 Å². The summed E-state index contributed by atoms with van der Waals surface area (Å²) in [7, 11) is 0. The molecule has 1 saturated heterocycles. The molecule has 0 aliphatic carbocycles. The predicted octanol–water partition coefficient (Wildman–Crippen LogP) is 3.22. The Balaban J connectivity index is 1.54. The summed E-state index contributed by atoms with van der Waals surface area (Å²) in [5.41, 5.74) is 0. The number of alkyl halides is 3. The molecule has 0 amide bonds. The monoisotopic (exact) mass is 377 g/mol. The lowest BCUT2D eigenvalue weighted by molar-refractivity contribution is -0.146. The first kappa shape index (κ1) is 17.7. The summed E-state index contributed by atoms with van der Waals surface area (Å²) in [6.07, 6.45) is -0.266. The number of halogens is 4. The van der Waals surface area contributed by atoms with Crippen molar-refractivity contribution in [3.8, 4) is 5.75 Å². The van der Waals surface area contributed by atoms with Crippen LogP contribution in [0.1, 0.15) is 25.6 Å². The first-order valence-corrected chi connectivity index (χ1v) is 8.01. The number of nitrogens with zero attached hydrogens (tertiary/aromatic N) is 5. The topological polar surface area (TPSA) is 77.2 Å². The molecule has 0 unspecified atom stereocenters. The number of rotatable bonds is 4. The van der Waals surface area contributed by atoms with Gasteiger partial charge >= 0.3 is 12.2 Å². The highest BCUT2D eigenvalue weighted by Gasteiger charge is 2.38. The Labute approximate surface area is 146 Å². The molecule has 0 N–H and O–H groups in total. The largest absolute Gasteiger partial charge is 0.487 e. The van der Waals surface area contributed by atoms with E-state index < -0.39 is 12.0 Å². The third kappa shape index (κ3) is 4.30. The highest BCUT2D eigenvalue weighted by molar-refractivity contribution is 6.28. The van der Waals surface area contributed by atoms with Gasteiger partial charge in [0.05, 0.1) is 18.5 Å². The Morgan fingerprint density at radius 1 is 1.28 bits per heavy atom. The van der Waals surface area contributed by atoms with Crippen LogP contribution in [0.4, 0.5) is 19.2 Å². The number of hydrogen-bond donors (Lipinski definition) is 0. The molecule has 7 nitrogen and oxygen atoms in total. The van der Waals surface area contributed by atoms with Gasteiger partial charge in [-0.25, -0.2) is 9.97 Å². The lowest BCUT2D eigenvalue weighted by atomic mass is 9.92. The van der Waals surface area contributed by atoms with Crippen molar-refractivity contribution < 1.29 is 22.4 Å². The zero-order valence-electron chi connectivity index (χ0n) is 13.2. The van der Waals surface area contributed by atoms with Crippen LogP contribution in [-0.4, -0.2) is 39.3 Å². The maximum absolute atomic E-state index is 12.5. The van der Waals surface area contributed by atoms with Crippen LogP contribution in [0.15, 0.2) is 16.9 Å². The van der Waals surface area contributed by atoms with Crippen molar-refractivity contribution in [2.45, 2.75) is 32.0 Å². The lowest BCUT2D eigenvalue weighted by Gasteiger charge is -2.33. The van der Waals surface area contributed by atoms with E-state index >= 15 is 0 Å². The number of hydrogen-bond acceptors (Lipinski definition) is 7. The molecule has 3 rings (SSSR count). The van der Waals surface area contributed by atoms with Gasteiger partial charge in [-0.1, -0.05) is 0 Å². The highest BCUT2D eigenvalue weighted by Crippen LogP contribution is 2.30. The Morgan fingerprint density at radius 2 is 1.92 bits per heavy atom. The van der Waals surface area contributed by atoms with Crippen LogP contribution in [0.3, 0.4) is 0 Å². The van der Waals surface area contributed by atoms with Crippen LogP contribution in [0.2, 0.25) is 5.28 Å². The van der Waals surface area contributed by atoms with Crippen LogP contribution in [0.25, 0.3) is 0 Å². The third-order valence-electron chi connectivity index (χ3n) is 4.06. The number of anilines is 1. The second-order valence-electron chi connectivity index (χ2n) is 5.73. The molecule has 136 valence electrons. The van der Waals surface area contributed by atoms with Crippen molar-refractivity contribution in [1.29, 1.82) is 0 Å². The van der Waals surface area contributed by atoms with E-state index in [0.717, 1.165) is 12.8 Å². The molecular weight excluding hydrogens is 363 g/mol. The standard InChI is InChI=1S/C14H15ClF3N5O2/c1-8(24-10-6-19-12(15)20-7-10)9-2-4-23(5-3-9)13-21-11(22-25-13)14(16,17)18/h6-9H,2-5H2,1H3/t8-/m0/s1. The average Bonchev–Trinajstić information content (AvgIpc) is 3.07. The van der Waals surface area contributed by atoms with Gasteiger partial charge in [0, 0.05) is 13.1 Å². The molecule has 0 spiro atoms. The molecule has 1 aliphatic rings. The minimum Gasteiger partial charge on any atom is -0.487 e. The average molecular weight is 378 g/mol. The van der Waals surface area contributed by atoms with Gasteiger partial charge in [-0.15, -0.1) is 0 Å². The van der Waals surface area contributed by atoms with Crippen molar-refractivity contribution in [2.24, 2.45) is 5.92 Å². The van der Waals surface area contributed by atoms with Gasteiger partial charge in [0.25, 0.3) is 5.82 Å². The summed E-state index contributed by atoms with van der Waals surface area (Å²) in [5.74, 6) is -0.507. The van der Waals surface area contributed by atoms with Gasteiger partial charge in [0.2, 0.25) is 5.28 Å². The fourth-order valence-corrected chi connectivity index (χ4v) is 2.79. The van der Waals surface area contributed by atoms with Crippen LogP contribution >= 0.6 is 11.6 Å². The zero-order valence-corrected chi connectivity index (χ0v) is 14.0. The maximum atomic E-state index is 12.5. The van der Waals surface area contributed by atoms with Gasteiger partial charge in [0.1, 0.15) is 0 Å². The van der Waals surface area contributed by atoms with Crippen LogP contribution < -0.4 is 9.64 Å². The van der Waals surface area contributed by atoms with E-state index in [4.69, 9.17) is 20.9 Å². The molecular formula is C14H15ClF3N5O2. The molecule has 1 fully saturated rings. The van der Waals surface area contributed by atoms with Crippen LogP contribution in [0.5, 0.6) is 5.75 Å². The van der Waals surface area contributed by atoms with Crippen molar-refractivity contribution in [3.05, 3.63) is 23.5 Å². The summed E-state index contributed by atoms with van der Waals surface area (Å²) >= 11 is 5.63.